The van der Waals surface area contributed by atoms with Crippen LogP contribution in [0.25, 0.3) is 0 Å². The van der Waals surface area contributed by atoms with Crippen LogP contribution < -0.4 is 5.32 Å². The van der Waals surface area contributed by atoms with Crippen molar-refractivity contribution in [2.75, 3.05) is 6.54 Å². The molecule has 0 aliphatic rings. The third kappa shape index (κ3) is 3.71. The van der Waals surface area contributed by atoms with Gasteiger partial charge in [0, 0.05) is 31.4 Å². The second-order valence-corrected chi connectivity index (χ2v) is 5.77. The molecule has 4 nitrogen and oxygen atoms in total. The van der Waals surface area contributed by atoms with Crippen LogP contribution in [0.5, 0.6) is 0 Å². The van der Waals surface area contributed by atoms with Crippen molar-refractivity contribution in [3.05, 3.63) is 46.0 Å². The molecule has 5 heteroatoms. The smallest absolute Gasteiger partial charge is 0.0766 e. The van der Waals surface area contributed by atoms with E-state index in [1.165, 1.54) is 11.3 Å². The molecule has 0 saturated heterocycles. The van der Waals surface area contributed by atoms with Gasteiger partial charge in [-0.15, -0.1) is 0 Å². The van der Waals surface area contributed by atoms with Crippen LogP contribution >= 0.6 is 15.9 Å². The molecule has 0 fully saturated rings. The van der Waals surface area contributed by atoms with Gasteiger partial charge in [0.1, 0.15) is 0 Å². The molecule has 0 amide bonds. The van der Waals surface area contributed by atoms with Crippen molar-refractivity contribution < 1.29 is 0 Å². The zero-order chi connectivity index (χ0) is 15.2. The molecule has 114 valence electrons. The van der Waals surface area contributed by atoms with Gasteiger partial charge in [0.05, 0.1) is 15.9 Å². The summed E-state index contributed by atoms with van der Waals surface area (Å²) in [5.41, 5.74) is 3.60. The molecular formula is C16H23BrN4. The lowest BCUT2D eigenvalue weighted by Gasteiger charge is -2.19. The van der Waals surface area contributed by atoms with E-state index < -0.39 is 0 Å². The number of hydrogen-bond acceptors (Lipinski definition) is 3. The van der Waals surface area contributed by atoms with Crippen molar-refractivity contribution in [2.24, 2.45) is 0 Å². The number of pyridine rings is 1. The summed E-state index contributed by atoms with van der Waals surface area (Å²) in [6.07, 6.45) is 5.60. The maximum atomic E-state index is 4.68. The first-order valence-corrected chi connectivity index (χ1v) is 8.37. The van der Waals surface area contributed by atoms with E-state index in [4.69, 9.17) is 0 Å². The fourth-order valence-corrected chi connectivity index (χ4v) is 3.27. The van der Waals surface area contributed by atoms with Gasteiger partial charge in [0.15, 0.2) is 0 Å². The average Bonchev–Trinajstić information content (AvgIpc) is 2.83. The Morgan fingerprint density at radius 2 is 2.14 bits per heavy atom. The zero-order valence-electron chi connectivity index (χ0n) is 12.9. The van der Waals surface area contributed by atoms with Crippen molar-refractivity contribution >= 4 is 15.9 Å². The molecule has 2 aromatic heterocycles. The van der Waals surface area contributed by atoms with E-state index in [9.17, 15) is 0 Å². The minimum Gasteiger partial charge on any atom is -0.310 e. The topological polar surface area (TPSA) is 42.7 Å². The van der Waals surface area contributed by atoms with E-state index in [1.807, 2.05) is 18.5 Å². The van der Waals surface area contributed by atoms with Gasteiger partial charge >= 0.3 is 0 Å². The summed E-state index contributed by atoms with van der Waals surface area (Å²) in [5, 5.41) is 8.23. The Morgan fingerprint density at radius 1 is 1.33 bits per heavy atom. The Balaban J connectivity index is 2.31. The highest BCUT2D eigenvalue weighted by Crippen LogP contribution is 2.27. The number of aryl methyl sites for hydroxylation is 2. The number of aromatic nitrogens is 3. The van der Waals surface area contributed by atoms with E-state index in [-0.39, 0.29) is 6.04 Å². The third-order valence-corrected chi connectivity index (χ3v) is 4.54. The first-order chi connectivity index (χ1) is 10.2. The minimum absolute atomic E-state index is 0.256. The van der Waals surface area contributed by atoms with Crippen LogP contribution in [0.15, 0.2) is 29.0 Å². The van der Waals surface area contributed by atoms with Crippen LogP contribution in [-0.4, -0.2) is 21.3 Å². The summed E-state index contributed by atoms with van der Waals surface area (Å²) in [6, 6.07) is 4.37. The highest BCUT2D eigenvalue weighted by atomic mass is 79.9. The molecule has 0 saturated carbocycles. The van der Waals surface area contributed by atoms with Crippen molar-refractivity contribution in [2.45, 2.75) is 46.2 Å². The van der Waals surface area contributed by atoms with E-state index in [0.29, 0.717) is 0 Å². The Morgan fingerprint density at radius 3 is 2.71 bits per heavy atom. The van der Waals surface area contributed by atoms with Crippen LogP contribution in [0.3, 0.4) is 0 Å². The van der Waals surface area contributed by atoms with Gasteiger partial charge in [0.25, 0.3) is 0 Å². The monoisotopic (exact) mass is 350 g/mol. The highest BCUT2D eigenvalue weighted by Gasteiger charge is 2.19. The van der Waals surface area contributed by atoms with Gasteiger partial charge in [-0.05, 0) is 47.4 Å². The predicted octanol–water partition coefficient (Wildman–Crippen LogP) is 3.52. The molecule has 0 bridgehead atoms. The molecular weight excluding hydrogens is 328 g/mol. The molecule has 2 heterocycles. The lowest BCUT2D eigenvalue weighted by atomic mass is 10.0. The number of nitrogens with one attached hydrogen (secondary N) is 1. The number of rotatable bonds is 7. The van der Waals surface area contributed by atoms with E-state index >= 15 is 0 Å². The Bertz CT molecular complexity index is 565. The Hall–Kier alpha value is -1.20. The molecule has 2 aromatic rings. The molecule has 21 heavy (non-hydrogen) atoms. The summed E-state index contributed by atoms with van der Waals surface area (Å²) < 4.78 is 3.25. The molecule has 2 rings (SSSR count). The third-order valence-electron chi connectivity index (χ3n) is 3.63. The van der Waals surface area contributed by atoms with Crippen molar-refractivity contribution in [3.8, 4) is 0 Å². The van der Waals surface area contributed by atoms with Crippen LogP contribution in [0.4, 0.5) is 0 Å². The van der Waals surface area contributed by atoms with Crippen LogP contribution in [0.1, 0.15) is 43.8 Å². The van der Waals surface area contributed by atoms with Crippen molar-refractivity contribution in [1.82, 2.24) is 20.1 Å². The summed E-state index contributed by atoms with van der Waals surface area (Å²) in [7, 11) is 0. The van der Waals surface area contributed by atoms with Crippen LogP contribution in [0, 0.1) is 0 Å². The van der Waals surface area contributed by atoms with Gasteiger partial charge in [-0.25, -0.2) is 0 Å². The highest BCUT2D eigenvalue weighted by molar-refractivity contribution is 9.10. The molecule has 0 aliphatic heterocycles. The molecule has 1 atom stereocenters. The van der Waals surface area contributed by atoms with Crippen molar-refractivity contribution in [1.29, 1.82) is 0 Å². The summed E-state index contributed by atoms with van der Waals surface area (Å²) >= 11 is 3.73. The van der Waals surface area contributed by atoms with Gasteiger partial charge in [-0.1, -0.05) is 19.9 Å². The number of halogens is 1. The maximum absolute atomic E-state index is 4.68. The summed E-state index contributed by atoms with van der Waals surface area (Å²) in [6.45, 7) is 8.22. The molecule has 0 radical (unpaired) electrons. The standard InChI is InChI=1S/C16H23BrN4/c1-4-13-16(17)15(21(6-3)20-13)10-14(19-5-2)12-8-7-9-18-11-12/h7-9,11,14,19H,4-6,10H2,1-3H3. The number of nitrogens with zero attached hydrogens (tertiary/aromatic N) is 3. The first kappa shape index (κ1) is 16.2. The Kier molecular flexibility index (Phi) is 5.94. The van der Waals surface area contributed by atoms with E-state index in [0.717, 1.165) is 36.1 Å². The van der Waals surface area contributed by atoms with Gasteiger partial charge in [-0.3, -0.25) is 9.67 Å². The van der Waals surface area contributed by atoms with Gasteiger partial charge in [0.2, 0.25) is 0 Å². The fourth-order valence-electron chi connectivity index (χ4n) is 2.54. The SMILES string of the molecule is CCNC(Cc1c(Br)c(CC)nn1CC)c1cccnc1. The van der Waals surface area contributed by atoms with E-state index in [2.05, 4.69) is 62.8 Å². The molecule has 0 aromatic carbocycles. The minimum atomic E-state index is 0.256. The maximum Gasteiger partial charge on any atom is 0.0766 e. The zero-order valence-corrected chi connectivity index (χ0v) is 14.5. The predicted molar refractivity (Wildman–Crippen MR) is 89.3 cm³/mol. The van der Waals surface area contributed by atoms with Gasteiger partial charge < -0.3 is 5.32 Å². The molecule has 0 aliphatic carbocycles. The largest absolute Gasteiger partial charge is 0.310 e. The Labute approximate surface area is 135 Å². The quantitative estimate of drug-likeness (QED) is 0.830. The van der Waals surface area contributed by atoms with Crippen molar-refractivity contribution in [3.63, 3.8) is 0 Å². The molecule has 0 spiro atoms. The normalized spacial score (nSPS) is 12.6. The molecule has 1 unspecified atom stereocenters. The second kappa shape index (κ2) is 7.71. The molecule has 1 N–H and O–H groups in total. The lowest BCUT2D eigenvalue weighted by Crippen LogP contribution is -2.24. The summed E-state index contributed by atoms with van der Waals surface area (Å²) in [4.78, 5) is 4.24. The number of hydrogen-bond donors (Lipinski definition) is 1. The van der Waals surface area contributed by atoms with E-state index in [1.54, 1.807) is 0 Å². The first-order valence-electron chi connectivity index (χ1n) is 7.58. The average molecular weight is 351 g/mol. The van der Waals surface area contributed by atoms with Gasteiger partial charge in [-0.2, -0.15) is 5.10 Å². The lowest BCUT2D eigenvalue weighted by molar-refractivity contribution is 0.514. The summed E-state index contributed by atoms with van der Waals surface area (Å²) in [5.74, 6) is 0. The van der Waals surface area contributed by atoms with Crippen LogP contribution in [0.2, 0.25) is 0 Å². The fraction of sp³-hybridized carbons (Fsp3) is 0.500. The van der Waals surface area contributed by atoms with Crippen LogP contribution in [-0.2, 0) is 19.4 Å². The second-order valence-electron chi connectivity index (χ2n) is 4.98. The number of likely N-dealkylation sites (N-methyl/N-ethyl adjacent to an activating group) is 1.